The average molecular weight is 703 g/mol. The second kappa shape index (κ2) is 41.5. The Bertz CT molecular complexity index is 801. The van der Waals surface area contributed by atoms with Gasteiger partial charge in [0, 0.05) is 12.8 Å². The van der Waals surface area contributed by atoms with E-state index in [-0.39, 0.29) is 25.2 Å². The van der Waals surface area contributed by atoms with Crippen molar-refractivity contribution in [2.75, 3.05) is 13.2 Å². The van der Waals surface area contributed by atoms with Gasteiger partial charge in [0.1, 0.15) is 6.61 Å². The van der Waals surface area contributed by atoms with Gasteiger partial charge in [0.2, 0.25) is 0 Å². The fourth-order valence-corrected chi connectivity index (χ4v) is 6.15. The minimum absolute atomic E-state index is 0.0828. The van der Waals surface area contributed by atoms with Gasteiger partial charge in [0.15, 0.2) is 6.10 Å². The Labute approximate surface area is 310 Å². The van der Waals surface area contributed by atoms with Crippen molar-refractivity contribution in [1.29, 1.82) is 0 Å². The molecule has 0 rings (SSSR count). The molecule has 1 atom stereocenters. The van der Waals surface area contributed by atoms with E-state index in [4.69, 9.17) is 9.47 Å². The van der Waals surface area contributed by atoms with Crippen LogP contribution in [0.5, 0.6) is 0 Å². The summed E-state index contributed by atoms with van der Waals surface area (Å²) in [6.07, 6.45) is 50.8. The zero-order valence-corrected chi connectivity index (χ0v) is 33.2. The van der Waals surface area contributed by atoms with Crippen LogP contribution in [0.3, 0.4) is 0 Å². The first-order valence-corrected chi connectivity index (χ1v) is 21.5. The summed E-state index contributed by atoms with van der Waals surface area (Å²) in [5.41, 5.74) is 0. The van der Waals surface area contributed by atoms with Crippen LogP contribution in [0.4, 0.5) is 0 Å². The number of ether oxygens (including phenoxy) is 2. The molecular weight excluding hydrogens is 620 g/mol. The number of aliphatic hydroxyl groups is 1. The second-order valence-corrected chi connectivity index (χ2v) is 14.4. The third-order valence-corrected chi connectivity index (χ3v) is 9.44. The Balaban J connectivity index is 3.54. The molecule has 0 aliphatic carbocycles. The lowest BCUT2D eigenvalue weighted by molar-refractivity contribution is -0.161. The Morgan fingerprint density at radius 1 is 0.460 bits per heavy atom. The van der Waals surface area contributed by atoms with Crippen molar-refractivity contribution >= 4 is 11.9 Å². The molecule has 1 N–H and O–H groups in total. The maximum Gasteiger partial charge on any atom is 0.306 e. The summed E-state index contributed by atoms with van der Waals surface area (Å²) in [6.45, 7) is 4.09. The number of hydrogen-bond acceptors (Lipinski definition) is 5. The van der Waals surface area contributed by atoms with E-state index in [2.05, 4.69) is 50.3 Å². The van der Waals surface area contributed by atoms with Gasteiger partial charge in [0.05, 0.1) is 6.61 Å². The van der Waals surface area contributed by atoms with Gasteiger partial charge in [-0.25, -0.2) is 0 Å². The van der Waals surface area contributed by atoms with Crippen molar-refractivity contribution in [3.05, 3.63) is 36.5 Å². The van der Waals surface area contributed by atoms with E-state index in [0.29, 0.717) is 12.8 Å². The zero-order valence-electron chi connectivity index (χ0n) is 33.2. The number of carbonyl (C=O) groups is 2. The molecule has 5 nitrogen and oxygen atoms in total. The van der Waals surface area contributed by atoms with Crippen LogP contribution in [0.15, 0.2) is 36.5 Å². The molecule has 0 fully saturated rings. The number of carbonyl (C=O) groups excluding carboxylic acids is 2. The predicted octanol–water partition coefficient (Wildman–Crippen LogP) is 13.6. The Morgan fingerprint density at radius 2 is 0.800 bits per heavy atom. The standard InChI is InChI=1S/C45H82O5/c1-3-5-7-9-11-13-15-17-19-20-21-22-23-24-26-28-30-32-34-36-38-40-45(48)50-43(41-46)42-49-44(47)39-37-35-33-31-29-27-25-18-16-14-12-10-8-6-4-2/h12,14,18,25,29,31,43,46H,3-11,13,15-17,19-24,26-28,30,32-42H2,1-2H3. The van der Waals surface area contributed by atoms with Gasteiger partial charge in [-0.1, -0.05) is 192 Å². The first-order valence-electron chi connectivity index (χ1n) is 21.5. The number of esters is 2. The van der Waals surface area contributed by atoms with Crippen LogP contribution < -0.4 is 0 Å². The maximum atomic E-state index is 12.2. The minimum Gasteiger partial charge on any atom is -0.462 e. The molecule has 0 aromatic heterocycles. The molecule has 1 unspecified atom stereocenters. The van der Waals surface area contributed by atoms with E-state index in [1.54, 1.807) is 0 Å². The zero-order chi connectivity index (χ0) is 36.4. The van der Waals surface area contributed by atoms with Gasteiger partial charge in [0.25, 0.3) is 0 Å². The first kappa shape index (κ1) is 48.1. The van der Waals surface area contributed by atoms with Gasteiger partial charge in [-0.3, -0.25) is 9.59 Å². The molecule has 0 aliphatic heterocycles. The molecular formula is C45H82O5. The van der Waals surface area contributed by atoms with Gasteiger partial charge in [-0.2, -0.15) is 0 Å². The number of hydrogen-bond donors (Lipinski definition) is 1. The van der Waals surface area contributed by atoms with Crippen molar-refractivity contribution in [3.63, 3.8) is 0 Å². The number of aliphatic hydroxyl groups excluding tert-OH is 1. The van der Waals surface area contributed by atoms with E-state index in [1.807, 2.05) is 0 Å². The average Bonchev–Trinajstić information content (AvgIpc) is 3.12. The molecule has 0 radical (unpaired) electrons. The summed E-state index contributed by atoms with van der Waals surface area (Å²) in [6, 6.07) is 0. The molecule has 0 aromatic carbocycles. The summed E-state index contributed by atoms with van der Waals surface area (Å²) in [5, 5.41) is 9.57. The van der Waals surface area contributed by atoms with E-state index in [0.717, 1.165) is 51.4 Å². The van der Waals surface area contributed by atoms with Crippen LogP contribution in [0.1, 0.15) is 219 Å². The molecule has 50 heavy (non-hydrogen) atoms. The smallest absolute Gasteiger partial charge is 0.306 e. The lowest BCUT2D eigenvalue weighted by atomic mass is 10.0. The number of unbranched alkanes of at least 4 members (excludes halogenated alkanes) is 25. The predicted molar refractivity (Wildman–Crippen MR) is 214 cm³/mol. The van der Waals surface area contributed by atoms with Gasteiger partial charge in [-0.15, -0.1) is 0 Å². The molecule has 5 heteroatoms. The molecule has 292 valence electrons. The summed E-state index contributed by atoms with van der Waals surface area (Å²) in [7, 11) is 0. The second-order valence-electron chi connectivity index (χ2n) is 14.4. The monoisotopic (exact) mass is 703 g/mol. The molecule has 0 spiro atoms. The number of rotatable bonds is 39. The highest BCUT2D eigenvalue weighted by Crippen LogP contribution is 2.15. The minimum atomic E-state index is -0.783. The van der Waals surface area contributed by atoms with E-state index >= 15 is 0 Å². The third kappa shape index (κ3) is 38.9. The first-order chi connectivity index (χ1) is 24.6. The highest BCUT2D eigenvalue weighted by molar-refractivity contribution is 5.70. The van der Waals surface area contributed by atoms with Gasteiger partial charge in [-0.05, 0) is 51.4 Å². The molecule has 0 bridgehead atoms. The van der Waals surface area contributed by atoms with Crippen LogP contribution in [0.2, 0.25) is 0 Å². The normalized spacial score (nSPS) is 12.5. The van der Waals surface area contributed by atoms with Gasteiger partial charge < -0.3 is 14.6 Å². The van der Waals surface area contributed by atoms with Crippen molar-refractivity contribution in [1.82, 2.24) is 0 Å². The molecule has 0 saturated heterocycles. The summed E-state index contributed by atoms with van der Waals surface area (Å²) in [4.78, 5) is 24.3. The topological polar surface area (TPSA) is 72.8 Å². The van der Waals surface area contributed by atoms with Crippen LogP contribution in [0, 0.1) is 0 Å². The summed E-state index contributed by atoms with van der Waals surface area (Å²) >= 11 is 0. The lowest BCUT2D eigenvalue weighted by Gasteiger charge is -2.15. The van der Waals surface area contributed by atoms with Gasteiger partial charge >= 0.3 is 11.9 Å². The van der Waals surface area contributed by atoms with Crippen LogP contribution in [-0.4, -0.2) is 36.4 Å². The fraction of sp³-hybridized carbons (Fsp3) is 0.822. The molecule has 0 amide bonds. The summed E-state index contributed by atoms with van der Waals surface area (Å²) < 4.78 is 10.6. The highest BCUT2D eigenvalue weighted by atomic mass is 16.6. The van der Waals surface area contributed by atoms with Crippen LogP contribution in [-0.2, 0) is 19.1 Å². The van der Waals surface area contributed by atoms with Crippen molar-refractivity contribution in [2.24, 2.45) is 0 Å². The van der Waals surface area contributed by atoms with Crippen molar-refractivity contribution in [2.45, 2.75) is 225 Å². The van der Waals surface area contributed by atoms with Crippen molar-refractivity contribution < 1.29 is 24.2 Å². The van der Waals surface area contributed by atoms with Crippen molar-refractivity contribution in [3.8, 4) is 0 Å². The van der Waals surface area contributed by atoms with E-state index < -0.39 is 6.10 Å². The Morgan fingerprint density at radius 3 is 1.24 bits per heavy atom. The molecule has 0 heterocycles. The van der Waals surface area contributed by atoms with Crippen LogP contribution in [0.25, 0.3) is 0 Å². The van der Waals surface area contributed by atoms with Crippen LogP contribution >= 0.6 is 0 Å². The molecule has 0 aliphatic rings. The number of allylic oxidation sites excluding steroid dienone is 6. The summed E-state index contributed by atoms with van der Waals surface area (Å²) in [5.74, 6) is -0.628. The van der Waals surface area contributed by atoms with E-state index in [9.17, 15) is 14.7 Å². The molecule has 0 aromatic rings. The fourth-order valence-electron chi connectivity index (χ4n) is 6.15. The molecule has 0 saturated carbocycles. The Kier molecular flexibility index (Phi) is 40.0. The van der Waals surface area contributed by atoms with E-state index in [1.165, 1.54) is 141 Å². The quantitative estimate of drug-likeness (QED) is 0.0392. The Hall–Kier alpha value is -1.88. The lowest BCUT2D eigenvalue weighted by Crippen LogP contribution is -2.28. The SMILES string of the molecule is CCCCCC=CCC=CCC=CCCCCC(=O)OCC(CO)OC(=O)CCCCCCCCCCCCCCCCCCCCCCC. The largest absolute Gasteiger partial charge is 0.462 e. The maximum absolute atomic E-state index is 12.2. The third-order valence-electron chi connectivity index (χ3n) is 9.44. The highest BCUT2D eigenvalue weighted by Gasteiger charge is 2.16.